The van der Waals surface area contributed by atoms with Gasteiger partial charge in [0.2, 0.25) is 0 Å². The van der Waals surface area contributed by atoms with Gasteiger partial charge in [-0.1, -0.05) is 35.9 Å². The normalized spacial score (nSPS) is 12.1. The van der Waals surface area contributed by atoms with Gasteiger partial charge < -0.3 is 10.3 Å². The van der Waals surface area contributed by atoms with Crippen molar-refractivity contribution in [3.8, 4) is 0 Å². The van der Waals surface area contributed by atoms with E-state index in [1.807, 2.05) is 6.07 Å². The van der Waals surface area contributed by atoms with Crippen LogP contribution >= 0.6 is 11.6 Å². The topological polar surface area (TPSA) is 113 Å². The van der Waals surface area contributed by atoms with Crippen molar-refractivity contribution in [1.29, 1.82) is 0 Å². The number of amides is 2. The third kappa shape index (κ3) is 4.00. The van der Waals surface area contributed by atoms with Crippen LogP contribution in [0.1, 0.15) is 10.4 Å². The van der Waals surface area contributed by atoms with Gasteiger partial charge in [0.1, 0.15) is 10.8 Å². The van der Waals surface area contributed by atoms with Crippen LogP contribution in [-0.2, 0) is 15.6 Å². The minimum absolute atomic E-state index is 0.259. The van der Waals surface area contributed by atoms with Crippen LogP contribution in [0.2, 0.25) is 5.02 Å². The van der Waals surface area contributed by atoms with E-state index >= 15 is 0 Å². The number of likely N-dealkylation sites (N-methyl/N-ethyl adjacent to an activating group) is 1. The lowest BCUT2D eigenvalue weighted by atomic mass is 10.1. The number of Topliss-reactive ketones (excluding diaryl/α,β-unsaturated/α-hetero) is 1. The van der Waals surface area contributed by atoms with Crippen LogP contribution in [0.3, 0.4) is 0 Å². The Labute approximate surface area is 184 Å². The van der Waals surface area contributed by atoms with E-state index in [0.717, 1.165) is 10.8 Å². The minimum atomic E-state index is -1.94. The summed E-state index contributed by atoms with van der Waals surface area (Å²) in [6.07, 6.45) is 1.46. The van der Waals surface area contributed by atoms with Crippen LogP contribution in [0, 0.1) is 0 Å². The first-order chi connectivity index (χ1) is 14.9. The van der Waals surface area contributed by atoms with Crippen LogP contribution in [0.4, 0.5) is 10.5 Å². The highest BCUT2D eigenvalue weighted by atomic mass is 35.5. The van der Waals surface area contributed by atoms with Crippen LogP contribution in [0.25, 0.3) is 21.7 Å². The maximum atomic E-state index is 12.7. The number of halogens is 1. The summed E-state index contributed by atoms with van der Waals surface area (Å²) in [5.74, 6) is -1.20. The van der Waals surface area contributed by atoms with Crippen molar-refractivity contribution >= 4 is 66.7 Å². The number of primary amides is 1. The number of ketones is 1. The lowest BCUT2D eigenvalue weighted by Gasteiger charge is -2.07. The van der Waals surface area contributed by atoms with Crippen LogP contribution in [-0.4, -0.2) is 33.2 Å². The zero-order chi connectivity index (χ0) is 22.1. The number of rotatable bonds is 4. The molecule has 156 valence electrons. The molecule has 1 heterocycles. The molecule has 0 saturated carbocycles. The first-order valence-electron chi connectivity index (χ1n) is 9.29. The maximum Gasteiger partial charge on any atom is 0.383 e. The number of fused-ring (bicyclic) bond motifs is 2. The predicted octanol–water partition coefficient (Wildman–Crippen LogP) is 3.22. The quantitative estimate of drug-likeness (QED) is 0.324. The summed E-state index contributed by atoms with van der Waals surface area (Å²) in [5.41, 5.74) is 1.23. The van der Waals surface area contributed by atoms with E-state index in [1.165, 1.54) is 18.6 Å². The van der Waals surface area contributed by atoms with Gasteiger partial charge in [-0.2, -0.15) is 0 Å². The molecular weight excluding hydrogens is 438 g/mol. The summed E-state index contributed by atoms with van der Waals surface area (Å²) in [6.45, 7) is 0. The molecule has 0 spiro atoms. The molecular formula is C22H17ClN3O4S+. The summed E-state index contributed by atoms with van der Waals surface area (Å²) < 4.78 is 12.7. The molecule has 4 N–H and O–H groups in total. The summed E-state index contributed by atoms with van der Waals surface area (Å²) in [6, 6.07) is 15.2. The number of hydrogen-bond donors (Lipinski definition) is 3. The predicted molar refractivity (Wildman–Crippen MR) is 120 cm³/mol. The Morgan fingerprint density at radius 2 is 1.81 bits per heavy atom. The molecule has 0 aliphatic carbocycles. The molecule has 0 aliphatic rings. The molecule has 3 aromatic carbocycles. The molecule has 1 aromatic heterocycles. The standard InChI is InChI=1S/C22H16ClN3O4S/c1-24-21(28)20(27)17-11-25-19-10-13(5-7-16(17)19)26-22(29)31(30)14-6-8-15-12(9-14)3-2-4-18(15)23/h2-11,25H,1H3,(H,24,28)(H,26,29)/p+1. The molecule has 0 aliphatic heterocycles. The third-order valence-electron chi connectivity index (χ3n) is 4.84. The number of H-pyrrole nitrogens is 1. The number of anilines is 1. The first-order valence-corrected chi connectivity index (χ1v) is 10.8. The van der Waals surface area contributed by atoms with Crippen molar-refractivity contribution < 1.29 is 23.9 Å². The van der Waals surface area contributed by atoms with E-state index in [9.17, 15) is 18.6 Å². The first kappa shape index (κ1) is 20.9. The molecule has 0 fully saturated rings. The Balaban J connectivity index is 1.56. The highest BCUT2D eigenvalue weighted by molar-refractivity contribution is 8.00. The largest absolute Gasteiger partial charge is 0.383 e. The average Bonchev–Trinajstić information content (AvgIpc) is 3.20. The van der Waals surface area contributed by atoms with Crippen molar-refractivity contribution in [2.24, 2.45) is 0 Å². The lowest BCUT2D eigenvalue weighted by molar-refractivity contribution is -0.532. The number of nitrogens with one attached hydrogen (secondary N) is 2. The zero-order valence-corrected chi connectivity index (χ0v) is 17.8. The zero-order valence-electron chi connectivity index (χ0n) is 16.3. The molecule has 7 nitrogen and oxygen atoms in total. The van der Waals surface area contributed by atoms with E-state index in [-0.39, 0.29) is 5.56 Å². The number of carbonyl (C=O) groups is 3. The fourth-order valence-electron chi connectivity index (χ4n) is 3.26. The van der Waals surface area contributed by atoms with Crippen LogP contribution in [0.15, 0.2) is 65.7 Å². The minimum Gasteiger partial charge on any atom is -0.360 e. The van der Waals surface area contributed by atoms with Crippen molar-refractivity contribution in [1.82, 2.24) is 4.98 Å². The molecule has 0 radical (unpaired) electrons. The smallest absolute Gasteiger partial charge is 0.360 e. The highest BCUT2D eigenvalue weighted by Crippen LogP contribution is 2.26. The molecule has 0 saturated heterocycles. The maximum absolute atomic E-state index is 12.7. The molecule has 1 atom stereocenters. The van der Waals surface area contributed by atoms with Crippen molar-refractivity contribution in [3.63, 3.8) is 0 Å². The second-order valence-corrected chi connectivity index (χ2v) is 8.54. The number of aromatic amines is 1. The lowest BCUT2D eigenvalue weighted by Crippen LogP contribution is -2.85. The van der Waals surface area contributed by atoms with E-state index in [4.69, 9.17) is 11.6 Å². The number of aromatic nitrogens is 1. The van der Waals surface area contributed by atoms with Gasteiger partial charge in [-0.15, -0.1) is 0 Å². The molecule has 4 rings (SSSR count). The Morgan fingerprint density at radius 3 is 2.58 bits per heavy atom. The number of benzene rings is 3. The molecule has 0 bridgehead atoms. The number of hydrogen-bond acceptors (Lipinski definition) is 4. The highest BCUT2D eigenvalue weighted by Gasteiger charge is 2.22. The van der Waals surface area contributed by atoms with Gasteiger partial charge in [-0.25, -0.2) is 9.00 Å². The van der Waals surface area contributed by atoms with E-state index in [0.29, 0.717) is 26.5 Å². The second kappa shape index (κ2) is 8.43. The van der Waals surface area contributed by atoms with Gasteiger partial charge in [0.25, 0.3) is 5.78 Å². The Kier molecular flexibility index (Phi) is 5.69. The molecule has 1 unspecified atom stereocenters. The second-order valence-electron chi connectivity index (χ2n) is 6.75. The van der Waals surface area contributed by atoms with E-state index in [2.05, 4.69) is 10.3 Å². The number of quaternary nitrogens is 1. The summed E-state index contributed by atoms with van der Waals surface area (Å²) in [5, 5.41) is 5.89. The fraction of sp³-hybridized carbons (Fsp3) is 0.0455. The van der Waals surface area contributed by atoms with E-state index in [1.54, 1.807) is 48.5 Å². The summed E-state index contributed by atoms with van der Waals surface area (Å²) in [4.78, 5) is 39.6. The fourth-order valence-corrected chi connectivity index (χ4v) is 4.36. The summed E-state index contributed by atoms with van der Waals surface area (Å²) in [7, 11) is -0.434. The number of carbonyl (C=O) groups excluding carboxylic acids is 3. The molecule has 9 heteroatoms. The Bertz CT molecular complexity index is 1400. The van der Waals surface area contributed by atoms with Crippen LogP contribution in [0.5, 0.6) is 0 Å². The van der Waals surface area contributed by atoms with Gasteiger partial charge >= 0.3 is 11.1 Å². The molecule has 4 aromatic rings. The Hall–Kier alpha value is -3.33. The monoisotopic (exact) mass is 454 g/mol. The Morgan fingerprint density at radius 1 is 1.03 bits per heavy atom. The van der Waals surface area contributed by atoms with Crippen molar-refractivity contribution in [2.75, 3.05) is 12.4 Å². The van der Waals surface area contributed by atoms with Crippen LogP contribution < -0.4 is 10.6 Å². The van der Waals surface area contributed by atoms with Gasteiger partial charge in [0.05, 0.1) is 12.6 Å². The average molecular weight is 455 g/mol. The summed E-state index contributed by atoms with van der Waals surface area (Å²) >= 11 is 6.15. The van der Waals surface area contributed by atoms with Crippen molar-refractivity contribution in [2.45, 2.75) is 4.90 Å². The van der Waals surface area contributed by atoms with Gasteiger partial charge in [0, 0.05) is 38.1 Å². The van der Waals surface area contributed by atoms with Gasteiger partial charge in [-0.05, 0) is 35.7 Å². The van der Waals surface area contributed by atoms with E-state index < -0.39 is 27.7 Å². The molecule has 2 amide bonds. The third-order valence-corrected chi connectivity index (χ3v) is 6.29. The SMILES string of the molecule is C[NH2+]C(=O)C(=O)c1c[nH]c2cc(NC(=O)S(=O)c3ccc4c(Cl)cccc4c3)ccc12. The molecule has 31 heavy (non-hydrogen) atoms. The van der Waals surface area contributed by atoms with Gasteiger partial charge in [0.15, 0.2) is 0 Å². The van der Waals surface area contributed by atoms with Gasteiger partial charge in [-0.3, -0.25) is 14.9 Å². The van der Waals surface area contributed by atoms with Crippen molar-refractivity contribution in [3.05, 3.63) is 71.4 Å². The number of nitrogens with two attached hydrogens (primary N) is 1.